The van der Waals surface area contributed by atoms with Gasteiger partial charge in [-0.3, -0.25) is 4.79 Å². The van der Waals surface area contributed by atoms with Crippen LogP contribution in [-0.4, -0.2) is 53.2 Å². The molecule has 38 heavy (non-hydrogen) atoms. The summed E-state index contributed by atoms with van der Waals surface area (Å²) in [6, 6.07) is 4.37. The average Bonchev–Trinajstić information content (AvgIpc) is 3.49. The molecule has 4 rings (SSSR count). The van der Waals surface area contributed by atoms with E-state index in [9.17, 15) is 9.90 Å². The number of ether oxygens (including phenoxy) is 3. The van der Waals surface area contributed by atoms with Crippen LogP contribution in [0.25, 0.3) is 0 Å². The number of hydrogen-bond donors (Lipinski definition) is 1. The van der Waals surface area contributed by atoms with Crippen molar-refractivity contribution in [1.82, 2.24) is 9.88 Å². The second-order valence-electron chi connectivity index (χ2n) is 12.1. The zero-order chi connectivity index (χ0) is 27.9. The minimum Gasteiger partial charge on any atom is -0.493 e. The van der Waals surface area contributed by atoms with E-state index in [1.54, 1.807) is 25.3 Å². The summed E-state index contributed by atoms with van der Waals surface area (Å²) in [5.41, 5.74) is -3.50. The topological polar surface area (TPSA) is 94.3 Å². The highest BCUT2D eigenvalue weighted by atomic mass is 19.3. The van der Waals surface area contributed by atoms with Crippen LogP contribution in [0.5, 0.6) is 17.2 Å². The first kappa shape index (κ1) is 28.1. The second kappa shape index (κ2) is 10.0. The molecule has 0 radical (unpaired) electrons. The second-order valence-corrected chi connectivity index (χ2v) is 12.1. The highest BCUT2D eigenvalue weighted by Crippen LogP contribution is 2.55. The van der Waals surface area contributed by atoms with E-state index >= 15 is 8.78 Å². The number of oxazole rings is 1. The summed E-state index contributed by atoms with van der Waals surface area (Å²) in [6.07, 6.45) is 2.81. The highest BCUT2D eigenvalue weighted by molar-refractivity contribution is 5.85. The van der Waals surface area contributed by atoms with E-state index in [4.69, 9.17) is 18.6 Å². The van der Waals surface area contributed by atoms with E-state index in [0.717, 1.165) is 4.90 Å². The number of carbonyl (C=O) groups excluding carboxylic acids is 1. The van der Waals surface area contributed by atoms with Crippen molar-refractivity contribution in [2.45, 2.75) is 84.0 Å². The van der Waals surface area contributed by atoms with E-state index in [1.165, 1.54) is 13.3 Å². The third-order valence-electron chi connectivity index (χ3n) is 7.46. The molecule has 2 heterocycles. The summed E-state index contributed by atoms with van der Waals surface area (Å²) in [5.74, 6) is -3.17. The lowest BCUT2D eigenvalue weighted by Crippen LogP contribution is -2.62. The fourth-order valence-corrected chi connectivity index (χ4v) is 6.54. The number of benzene rings is 1. The number of methoxy groups -OCH3 is 2. The molecular weight excluding hydrogens is 498 g/mol. The molecule has 1 saturated carbocycles. The molecule has 2 fully saturated rings. The number of aromatic nitrogens is 1. The van der Waals surface area contributed by atoms with Crippen LogP contribution in [0.2, 0.25) is 0 Å². The minimum absolute atomic E-state index is 0.0449. The van der Waals surface area contributed by atoms with Crippen LogP contribution in [0.4, 0.5) is 8.78 Å². The van der Waals surface area contributed by atoms with E-state index in [2.05, 4.69) is 4.98 Å². The molecule has 1 atom stereocenters. The van der Waals surface area contributed by atoms with Crippen molar-refractivity contribution >= 4 is 5.91 Å². The Morgan fingerprint density at radius 3 is 2.42 bits per heavy atom. The SMILES string of the molecule is COc1ccc(OCc2cnc([C@@H]3CCCN3C(=O)C(F)(F)C3(O)CC(C)(C)CC(C)(C)C3)o2)cc1OC. The van der Waals surface area contributed by atoms with Crippen molar-refractivity contribution in [3.63, 3.8) is 0 Å². The summed E-state index contributed by atoms with van der Waals surface area (Å²) in [6.45, 7) is 7.62. The summed E-state index contributed by atoms with van der Waals surface area (Å²) in [4.78, 5) is 18.7. The first-order chi connectivity index (χ1) is 17.7. The van der Waals surface area contributed by atoms with Gasteiger partial charge in [0.2, 0.25) is 5.89 Å². The van der Waals surface area contributed by atoms with Gasteiger partial charge in [0.15, 0.2) is 17.3 Å². The third-order valence-corrected chi connectivity index (χ3v) is 7.46. The maximum absolute atomic E-state index is 15.8. The summed E-state index contributed by atoms with van der Waals surface area (Å²) < 4.78 is 53.7. The number of carbonyl (C=O) groups is 1. The largest absolute Gasteiger partial charge is 0.493 e. The third kappa shape index (κ3) is 5.46. The molecule has 0 unspecified atom stereocenters. The van der Waals surface area contributed by atoms with Crippen LogP contribution in [0.3, 0.4) is 0 Å². The van der Waals surface area contributed by atoms with Gasteiger partial charge >= 0.3 is 5.92 Å². The number of amides is 1. The van der Waals surface area contributed by atoms with Gasteiger partial charge in [0, 0.05) is 12.6 Å². The molecule has 2 aromatic rings. The zero-order valence-corrected chi connectivity index (χ0v) is 23.0. The molecule has 10 heteroatoms. The predicted molar refractivity (Wildman–Crippen MR) is 135 cm³/mol. The van der Waals surface area contributed by atoms with Crippen LogP contribution in [0.1, 0.15) is 77.5 Å². The Balaban J connectivity index is 1.48. The standard InChI is InChI=1S/C28H38F2N2O6/c1-25(2)15-26(3,4)17-27(34,16-25)28(29,30)24(33)32-11-7-8-20(32)23-31-13-19(38-23)14-37-18-9-10-21(35-5)22(12-18)36-6/h9-10,12-13,20,34H,7-8,11,14-17H2,1-6H3/t20-/m0/s1. The van der Waals surface area contributed by atoms with E-state index in [-0.39, 0.29) is 31.9 Å². The molecule has 1 saturated heterocycles. The molecule has 1 aromatic carbocycles. The smallest absolute Gasteiger partial charge is 0.352 e. The molecule has 1 aliphatic heterocycles. The van der Waals surface area contributed by atoms with Gasteiger partial charge in [-0.15, -0.1) is 0 Å². The quantitative estimate of drug-likeness (QED) is 0.474. The first-order valence-corrected chi connectivity index (χ1v) is 12.9. The van der Waals surface area contributed by atoms with E-state index in [1.807, 2.05) is 27.7 Å². The van der Waals surface area contributed by atoms with Crippen molar-refractivity contribution in [2.24, 2.45) is 10.8 Å². The van der Waals surface area contributed by atoms with Gasteiger partial charge in [0.1, 0.15) is 24.0 Å². The van der Waals surface area contributed by atoms with Gasteiger partial charge in [0.05, 0.1) is 20.4 Å². The van der Waals surface area contributed by atoms with Crippen LogP contribution in [0, 0.1) is 10.8 Å². The summed E-state index contributed by atoms with van der Waals surface area (Å²) >= 11 is 0. The number of aliphatic hydroxyl groups is 1. The molecule has 1 amide bonds. The van der Waals surface area contributed by atoms with Crippen molar-refractivity contribution in [3.8, 4) is 17.2 Å². The van der Waals surface area contributed by atoms with Crippen LogP contribution in [-0.2, 0) is 11.4 Å². The maximum Gasteiger partial charge on any atom is 0.352 e. The monoisotopic (exact) mass is 536 g/mol. The number of rotatable bonds is 8. The fraction of sp³-hybridized carbons (Fsp3) is 0.643. The Hall–Kier alpha value is -2.88. The number of hydrogen-bond acceptors (Lipinski definition) is 7. The van der Waals surface area contributed by atoms with Crippen molar-refractivity contribution < 1.29 is 37.3 Å². The average molecular weight is 537 g/mol. The zero-order valence-electron chi connectivity index (χ0n) is 23.0. The fourth-order valence-electron chi connectivity index (χ4n) is 6.54. The Labute approximate surface area is 222 Å². The van der Waals surface area contributed by atoms with Gasteiger partial charge in [-0.2, -0.15) is 8.78 Å². The molecule has 8 nitrogen and oxygen atoms in total. The molecule has 1 N–H and O–H groups in total. The molecular formula is C28H38F2N2O6. The molecule has 1 aromatic heterocycles. The van der Waals surface area contributed by atoms with Crippen LogP contribution < -0.4 is 14.2 Å². The van der Waals surface area contributed by atoms with Gasteiger partial charge in [-0.05, 0) is 55.1 Å². The van der Waals surface area contributed by atoms with Crippen molar-refractivity contribution in [1.29, 1.82) is 0 Å². The van der Waals surface area contributed by atoms with Gasteiger partial charge in [-0.1, -0.05) is 27.7 Å². The normalized spacial score (nSPS) is 22.2. The molecule has 0 bridgehead atoms. The Bertz CT molecular complexity index is 1150. The number of nitrogens with zero attached hydrogens (tertiary/aromatic N) is 2. The molecule has 1 aliphatic carbocycles. The lowest BCUT2D eigenvalue weighted by molar-refractivity contribution is -0.231. The Morgan fingerprint density at radius 1 is 1.13 bits per heavy atom. The van der Waals surface area contributed by atoms with Crippen LogP contribution >= 0.6 is 0 Å². The van der Waals surface area contributed by atoms with Crippen molar-refractivity contribution in [3.05, 3.63) is 36.0 Å². The predicted octanol–water partition coefficient (Wildman–Crippen LogP) is 5.54. The Morgan fingerprint density at radius 2 is 1.79 bits per heavy atom. The number of likely N-dealkylation sites (tertiary alicyclic amines) is 1. The Kier molecular flexibility index (Phi) is 7.42. The maximum atomic E-state index is 15.8. The summed E-state index contributed by atoms with van der Waals surface area (Å²) in [7, 11) is 3.07. The minimum atomic E-state index is -3.95. The van der Waals surface area contributed by atoms with Crippen molar-refractivity contribution in [2.75, 3.05) is 20.8 Å². The molecule has 0 spiro atoms. The van der Waals surface area contributed by atoms with E-state index < -0.39 is 34.3 Å². The number of alkyl halides is 2. The molecule has 210 valence electrons. The van der Waals surface area contributed by atoms with E-state index in [0.29, 0.717) is 42.3 Å². The highest BCUT2D eigenvalue weighted by Gasteiger charge is 2.65. The van der Waals surface area contributed by atoms with Gasteiger partial charge in [0.25, 0.3) is 5.91 Å². The lowest BCUT2D eigenvalue weighted by atomic mass is 9.58. The van der Waals surface area contributed by atoms with Gasteiger partial charge < -0.3 is 28.6 Å². The number of halogens is 2. The molecule has 2 aliphatic rings. The first-order valence-electron chi connectivity index (χ1n) is 12.9. The summed E-state index contributed by atoms with van der Waals surface area (Å²) in [5, 5.41) is 11.2. The van der Waals surface area contributed by atoms with Gasteiger partial charge in [-0.25, -0.2) is 4.98 Å². The van der Waals surface area contributed by atoms with Crippen LogP contribution in [0.15, 0.2) is 28.8 Å². The lowest BCUT2D eigenvalue weighted by Gasteiger charge is -2.51.